The first kappa shape index (κ1) is 18.4. The Bertz CT molecular complexity index is 915. The SMILES string of the molecule is Cn1sc(SC(C=O)C(=O)CSc2sncc2C#N)c(C#N)c1=O. The fourth-order valence-corrected chi connectivity index (χ4v) is 5.54. The minimum Gasteiger partial charge on any atom is -0.302 e. The van der Waals surface area contributed by atoms with Gasteiger partial charge in [0.05, 0.1) is 21.7 Å². The van der Waals surface area contributed by atoms with E-state index in [1.54, 1.807) is 6.07 Å². The fourth-order valence-electron chi connectivity index (χ4n) is 1.54. The summed E-state index contributed by atoms with van der Waals surface area (Å²) in [5, 5.41) is 16.9. The van der Waals surface area contributed by atoms with E-state index in [0.717, 1.165) is 46.6 Å². The van der Waals surface area contributed by atoms with Crippen LogP contribution in [0.15, 0.2) is 19.4 Å². The van der Waals surface area contributed by atoms with Gasteiger partial charge in [0.1, 0.15) is 33.4 Å². The maximum Gasteiger partial charge on any atom is 0.279 e. The van der Waals surface area contributed by atoms with Gasteiger partial charge in [0, 0.05) is 7.05 Å². The van der Waals surface area contributed by atoms with Crippen LogP contribution >= 0.6 is 46.6 Å². The van der Waals surface area contributed by atoms with Crippen molar-refractivity contribution in [3.05, 3.63) is 27.7 Å². The van der Waals surface area contributed by atoms with E-state index in [9.17, 15) is 14.4 Å². The molecule has 0 aliphatic heterocycles. The number of thioether (sulfide) groups is 2. The number of hydrogen-bond donors (Lipinski definition) is 0. The molecule has 2 rings (SSSR count). The molecule has 11 heteroatoms. The Morgan fingerprint density at radius 1 is 1.46 bits per heavy atom. The lowest BCUT2D eigenvalue weighted by atomic mass is 10.3. The van der Waals surface area contributed by atoms with Gasteiger partial charge in [-0.05, 0) is 23.1 Å². The first-order valence-corrected chi connectivity index (χ1v) is 9.65. The summed E-state index contributed by atoms with van der Waals surface area (Å²) >= 11 is 4.17. The molecule has 122 valence electrons. The second-order valence-electron chi connectivity index (χ2n) is 4.24. The van der Waals surface area contributed by atoms with E-state index in [1.165, 1.54) is 17.2 Å². The molecule has 2 heterocycles. The zero-order chi connectivity index (χ0) is 17.7. The number of hydrogen-bond acceptors (Lipinski definition) is 10. The highest BCUT2D eigenvalue weighted by Crippen LogP contribution is 2.31. The zero-order valence-electron chi connectivity index (χ0n) is 12.1. The van der Waals surface area contributed by atoms with Crippen molar-refractivity contribution in [3.63, 3.8) is 0 Å². The zero-order valence-corrected chi connectivity index (χ0v) is 15.4. The number of ketones is 1. The highest BCUT2D eigenvalue weighted by Gasteiger charge is 2.24. The van der Waals surface area contributed by atoms with Crippen molar-refractivity contribution in [1.29, 1.82) is 10.5 Å². The lowest BCUT2D eigenvalue weighted by molar-refractivity contribution is -0.119. The van der Waals surface area contributed by atoms with Gasteiger partial charge in [-0.2, -0.15) is 14.9 Å². The predicted octanol–water partition coefficient (Wildman–Crippen LogP) is 1.67. The molecule has 0 saturated heterocycles. The Morgan fingerprint density at radius 3 is 2.83 bits per heavy atom. The summed E-state index contributed by atoms with van der Waals surface area (Å²) in [6, 6.07) is 3.78. The molecule has 0 saturated carbocycles. The third kappa shape index (κ3) is 3.94. The molecular formula is C13H8N4O3S4. The van der Waals surface area contributed by atoms with Crippen molar-refractivity contribution in [1.82, 2.24) is 8.33 Å². The first-order chi connectivity index (χ1) is 11.5. The largest absolute Gasteiger partial charge is 0.302 e. The molecule has 0 amide bonds. The minimum atomic E-state index is -1.01. The maximum absolute atomic E-state index is 12.2. The summed E-state index contributed by atoms with van der Waals surface area (Å²) in [6.07, 6.45) is 1.92. The van der Waals surface area contributed by atoms with Crippen LogP contribution in [0.2, 0.25) is 0 Å². The number of carbonyl (C=O) groups excluding carboxylic acids is 2. The standard InChI is InChI=1S/C13H8N4O3S4/c1-17-11(20)8(3-15)13(24-17)22-10(5-18)9(19)6-21-12-7(2-14)4-16-23-12/h4-5,10H,6H2,1H3. The van der Waals surface area contributed by atoms with E-state index in [2.05, 4.69) is 4.37 Å². The number of nitriles is 2. The number of rotatable bonds is 7. The van der Waals surface area contributed by atoms with Gasteiger partial charge in [-0.15, -0.1) is 11.8 Å². The number of aldehydes is 1. The minimum absolute atomic E-state index is 0.00308. The van der Waals surface area contributed by atoms with Crippen LogP contribution < -0.4 is 5.56 Å². The Hall–Kier alpha value is -1.92. The molecule has 0 aromatic carbocycles. The van der Waals surface area contributed by atoms with Crippen LogP contribution in [0.5, 0.6) is 0 Å². The number of aryl methyl sites for hydroxylation is 1. The van der Waals surface area contributed by atoms with Crippen molar-refractivity contribution >= 4 is 58.7 Å². The summed E-state index contributed by atoms with van der Waals surface area (Å²) in [6.45, 7) is 0. The highest BCUT2D eigenvalue weighted by atomic mass is 32.2. The van der Waals surface area contributed by atoms with Crippen LogP contribution in [0.4, 0.5) is 0 Å². The van der Waals surface area contributed by atoms with Crippen LogP contribution in [0.3, 0.4) is 0 Å². The first-order valence-electron chi connectivity index (χ1n) is 6.24. The van der Waals surface area contributed by atoms with Crippen molar-refractivity contribution in [3.8, 4) is 12.1 Å². The Morgan fingerprint density at radius 2 is 2.21 bits per heavy atom. The molecule has 0 N–H and O–H groups in total. The third-order valence-corrected chi connectivity index (χ3v) is 7.17. The lowest BCUT2D eigenvalue weighted by Gasteiger charge is -2.07. The Balaban J connectivity index is 2.09. The second-order valence-corrected chi connectivity index (χ2v) is 8.83. The van der Waals surface area contributed by atoms with Crippen molar-refractivity contribution < 1.29 is 9.59 Å². The van der Waals surface area contributed by atoms with E-state index in [4.69, 9.17) is 10.5 Å². The van der Waals surface area contributed by atoms with Crippen molar-refractivity contribution in [2.75, 3.05) is 5.75 Å². The molecule has 0 radical (unpaired) electrons. The van der Waals surface area contributed by atoms with Gasteiger partial charge in [-0.25, -0.2) is 0 Å². The van der Waals surface area contributed by atoms with Crippen LogP contribution in [0.25, 0.3) is 0 Å². The summed E-state index contributed by atoms with van der Waals surface area (Å²) in [7, 11) is 1.51. The topological polar surface area (TPSA) is 117 Å². The number of carbonyl (C=O) groups is 2. The third-order valence-electron chi connectivity index (χ3n) is 2.71. The number of Topliss-reactive ketones (excluding diaryl/α,β-unsaturated/α-hetero) is 1. The van der Waals surface area contributed by atoms with Crippen LogP contribution in [-0.4, -0.2) is 31.4 Å². The molecule has 2 aromatic rings. The van der Waals surface area contributed by atoms with Crippen LogP contribution in [0, 0.1) is 22.7 Å². The molecule has 2 aromatic heterocycles. The van der Waals surface area contributed by atoms with Gasteiger partial charge in [0.15, 0.2) is 5.78 Å². The Kier molecular flexibility index (Phi) is 6.34. The summed E-state index contributed by atoms with van der Waals surface area (Å²) < 4.78 is 6.11. The average Bonchev–Trinajstić information content (AvgIpc) is 3.14. The van der Waals surface area contributed by atoms with Gasteiger partial charge in [0.25, 0.3) is 5.56 Å². The smallest absolute Gasteiger partial charge is 0.279 e. The summed E-state index contributed by atoms with van der Waals surface area (Å²) in [5.41, 5.74) is -0.116. The van der Waals surface area contributed by atoms with E-state index >= 15 is 0 Å². The monoisotopic (exact) mass is 396 g/mol. The fraction of sp³-hybridized carbons (Fsp3) is 0.231. The Labute approximate surface area is 153 Å². The van der Waals surface area contributed by atoms with Gasteiger partial charge >= 0.3 is 0 Å². The highest BCUT2D eigenvalue weighted by molar-refractivity contribution is 8.04. The van der Waals surface area contributed by atoms with E-state index in [0.29, 0.717) is 20.3 Å². The summed E-state index contributed by atoms with van der Waals surface area (Å²) in [4.78, 5) is 35.2. The lowest BCUT2D eigenvalue weighted by Crippen LogP contribution is -2.20. The number of aromatic nitrogens is 2. The molecule has 7 nitrogen and oxygen atoms in total. The molecule has 0 spiro atoms. The van der Waals surface area contributed by atoms with Crippen LogP contribution in [-0.2, 0) is 16.6 Å². The van der Waals surface area contributed by atoms with Gasteiger partial charge in [-0.1, -0.05) is 11.8 Å². The van der Waals surface area contributed by atoms with E-state index < -0.39 is 10.8 Å². The molecule has 24 heavy (non-hydrogen) atoms. The number of nitrogens with zero attached hydrogens (tertiary/aromatic N) is 4. The molecule has 1 unspecified atom stereocenters. The van der Waals surface area contributed by atoms with Crippen molar-refractivity contribution in [2.45, 2.75) is 13.7 Å². The molecule has 1 atom stereocenters. The predicted molar refractivity (Wildman–Crippen MR) is 92.5 cm³/mol. The summed E-state index contributed by atoms with van der Waals surface area (Å²) in [5.74, 6) is -0.360. The van der Waals surface area contributed by atoms with Gasteiger partial charge < -0.3 is 4.79 Å². The maximum atomic E-state index is 12.2. The molecule has 0 fully saturated rings. The average molecular weight is 397 g/mol. The van der Waals surface area contributed by atoms with Crippen molar-refractivity contribution in [2.24, 2.45) is 7.05 Å². The van der Waals surface area contributed by atoms with Crippen LogP contribution in [0.1, 0.15) is 11.1 Å². The molecule has 0 aliphatic rings. The normalized spacial score (nSPS) is 11.5. The molecular weight excluding hydrogens is 388 g/mol. The van der Waals surface area contributed by atoms with E-state index in [-0.39, 0.29) is 17.1 Å². The second kappa shape index (κ2) is 8.26. The quantitative estimate of drug-likeness (QED) is 0.394. The van der Waals surface area contributed by atoms with Gasteiger partial charge in [0.2, 0.25) is 0 Å². The molecule has 0 bridgehead atoms. The van der Waals surface area contributed by atoms with Gasteiger partial charge in [-0.3, -0.25) is 13.5 Å². The molecule has 0 aliphatic carbocycles. The van der Waals surface area contributed by atoms with E-state index in [1.807, 2.05) is 6.07 Å².